The Kier molecular flexibility index (Phi) is 6.74. The zero-order valence-corrected chi connectivity index (χ0v) is 16.2. The molecule has 2 aromatic carbocycles. The van der Waals surface area contributed by atoms with Crippen LogP contribution < -0.4 is 5.32 Å². The van der Waals surface area contributed by atoms with E-state index in [1.165, 1.54) is 23.1 Å². The molecular formula is C22H22F4N2O2. The van der Waals surface area contributed by atoms with E-state index < -0.39 is 23.5 Å². The summed E-state index contributed by atoms with van der Waals surface area (Å²) in [7, 11) is 0. The minimum Gasteiger partial charge on any atom is -0.355 e. The van der Waals surface area contributed by atoms with Gasteiger partial charge in [-0.25, -0.2) is 4.39 Å². The maximum absolute atomic E-state index is 13.9. The van der Waals surface area contributed by atoms with Gasteiger partial charge in [0.15, 0.2) is 0 Å². The molecule has 1 heterocycles. The van der Waals surface area contributed by atoms with Gasteiger partial charge in [0.25, 0.3) is 0 Å². The Bertz CT molecular complexity index is 897. The first-order valence-corrected chi connectivity index (χ1v) is 9.69. The monoisotopic (exact) mass is 422 g/mol. The van der Waals surface area contributed by atoms with Crippen molar-refractivity contribution in [3.05, 3.63) is 71.0 Å². The maximum Gasteiger partial charge on any atom is 0.416 e. The zero-order valence-electron chi connectivity index (χ0n) is 16.2. The number of nitrogens with zero attached hydrogens (tertiary/aromatic N) is 1. The highest BCUT2D eigenvalue weighted by molar-refractivity contribution is 5.83. The van der Waals surface area contributed by atoms with Crippen molar-refractivity contribution in [3.8, 4) is 0 Å². The molecule has 1 aliphatic rings. The lowest BCUT2D eigenvalue weighted by atomic mass is 9.96. The number of carbonyl (C=O) groups is 2. The summed E-state index contributed by atoms with van der Waals surface area (Å²) in [6.07, 6.45) is -3.35. The van der Waals surface area contributed by atoms with E-state index in [1.807, 2.05) is 0 Å². The van der Waals surface area contributed by atoms with Crippen molar-refractivity contribution in [2.24, 2.45) is 5.92 Å². The van der Waals surface area contributed by atoms with Crippen LogP contribution in [-0.4, -0.2) is 29.8 Å². The minimum absolute atomic E-state index is 0.112. The van der Waals surface area contributed by atoms with Crippen molar-refractivity contribution in [1.29, 1.82) is 0 Å². The Morgan fingerprint density at radius 2 is 1.80 bits per heavy atom. The highest BCUT2D eigenvalue weighted by atomic mass is 19.4. The molecule has 0 spiro atoms. The molecule has 1 N–H and O–H groups in total. The molecule has 8 heteroatoms. The van der Waals surface area contributed by atoms with Crippen LogP contribution in [0.25, 0.3) is 0 Å². The van der Waals surface area contributed by atoms with Gasteiger partial charge in [-0.05, 0) is 36.6 Å². The first-order chi connectivity index (χ1) is 14.2. The number of hydrogen-bond acceptors (Lipinski definition) is 2. The van der Waals surface area contributed by atoms with Crippen LogP contribution in [-0.2, 0) is 28.7 Å². The van der Waals surface area contributed by atoms with Crippen molar-refractivity contribution in [2.75, 3.05) is 13.1 Å². The van der Waals surface area contributed by atoms with Crippen LogP contribution in [0.3, 0.4) is 0 Å². The summed E-state index contributed by atoms with van der Waals surface area (Å²) in [6, 6.07) is 11.0. The molecule has 1 atom stereocenters. The molecule has 0 aliphatic carbocycles. The van der Waals surface area contributed by atoms with Crippen molar-refractivity contribution in [3.63, 3.8) is 0 Å². The predicted octanol–water partition coefficient (Wildman–Crippen LogP) is 3.94. The molecule has 2 amide bonds. The van der Waals surface area contributed by atoms with Gasteiger partial charge in [0.1, 0.15) is 5.82 Å². The van der Waals surface area contributed by atoms with Crippen LogP contribution in [0.4, 0.5) is 17.6 Å². The normalized spacial score (nSPS) is 17.1. The van der Waals surface area contributed by atoms with Crippen LogP contribution >= 0.6 is 0 Å². The largest absolute Gasteiger partial charge is 0.416 e. The summed E-state index contributed by atoms with van der Waals surface area (Å²) in [5.41, 5.74) is 0.370. The number of rotatable bonds is 6. The van der Waals surface area contributed by atoms with Crippen molar-refractivity contribution < 1.29 is 27.2 Å². The first-order valence-electron chi connectivity index (χ1n) is 9.69. The van der Waals surface area contributed by atoms with E-state index in [1.54, 1.807) is 18.2 Å². The second-order valence-corrected chi connectivity index (χ2v) is 7.34. The topological polar surface area (TPSA) is 49.4 Å². The van der Waals surface area contributed by atoms with Crippen LogP contribution in [0.5, 0.6) is 0 Å². The molecule has 0 saturated carbocycles. The quantitative estimate of drug-likeness (QED) is 0.717. The number of halogens is 4. The van der Waals surface area contributed by atoms with Gasteiger partial charge < -0.3 is 10.2 Å². The first kappa shape index (κ1) is 21.8. The van der Waals surface area contributed by atoms with Gasteiger partial charge in [-0.3, -0.25) is 9.59 Å². The SMILES string of the molecule is O=C(NCCc1ccc(C(F)(F)F)cc1)C1CCC(=O)N(Cc2ccccc2F)C1. The Balaban J connectivity index is 1.50. The van der Waals surface area contributed by atoms with E-state index in [0.717, 1.165) is 12.1 Å². The summed E-state index contributed by atoms with van der Waals surface area (Å²) in [6.45, 7) is 0.599. The van der Waals surface area contributed by atoms with Gasteiger partial charge >= 0.3 is 6.18 Å². The lowest BCUT2D eigenvalue weighted by Gasteiger charge is -2.32. The molecule has 1 unspecified atom stereocenters. The fourth-order valence-electron chi connectivity index (χ4n) is 3.45. The molecule has 3 rings (SSSR count). The van der Waals surface area contributed by atoms with E-state index in [9.17, 15) is 27.2 Å². The third-order valence-electron chi connectivity index (χ3n) is 5.18. The summed E-state index contributed by atoms with van der Waals surface area (Å²) in [5, 5.41) is 2.78. The Hall–Kier alpha value is -2.90. The van der Waals surface area contributed by atoms with E-state index in [2.05, 4.69) is 5.32 Å². The second-order valence-electron chi connectivity index (χ2n) is 7.34. The van der Waals surface area contributed by atoms with Crippen LogP contribution in [0.1, 0.15) is 29.5 Å². The standard InChI is InChI=1S/C22H22F4N2O2/c23-19-4-2-1-3-16(19)13-28-14-17(7-10-20(28)29)21(30)27-12-11-15-5-8-18(9-6-15)22(24,25)26/h1-6,8-9,17H,7,10-14H2,(H,27,30). The van der Waals surface area contributed by atoms with E-state index >= 15 is 0 Å². The molecular weight excluding hydrogens is 400 g/mol. The third-order valence-corrected chi connectivity index (χ3v) is 5.18. The Morgan fingerprint density at radius 1 is 1.10 bits per heavy atom. The zero-order chi connectivity index (χ0) is 21.7. The van der Waals surface area contributed by atoms with E-state index in [4.69, 9.17) is 0 Å². The van der Waals surface area contributed by atoms with Crippen LogP contribution in [0.2, 0.25) is 0 Å². The number of nitrogens with one attached hydrogen (secondary N) is 1. The number of hydrogen-bond donors (Lipinski definition) is 1. The number of alkyl halides is 3. The van der Waals surface area contributed by atoms with Gasteiger partial charge in [-0.15, -0.1) is 0 Å². The average molecular weight is 422 g/mol. The number of carbonyl (C=O) groups excluding carboxylic acids is 2. The molecule has 0 bridgehead atoms. The molecule has 1 aliphatic heterocycles. The van der Waals surface area contributed by atoms with Crippen molar-refractivity contribution in [2.45, 2.75) is 32.0 Å². The lowest BCUT2D eigenvalue weighted by Crippen LogP contribution is -2.45. The maximum atomic E-state index is 13.9. The predicted molar refractivity (Wildman–Crippen MR) is 103 cm³/mol. The van der Waals surface area contributed by atoms with Crippen LogP contribution in [0, 0.1) is 11.7 Å². The number of piperidine rings is 1. The number of benzene rings is 2. The fourth-order valence-corrected chi connectivity index (χ4v) is 3.45. The van der Waals surface area contributed by atoms with Crippen molar-refractivity contribution >= 4 is 11.8 Å². The van der Waals surface area contributed by atoms with Gasteiger partial charge in [0.2, 0.25) is 11.8 Å². The molecule has 0 aromatic heterocycles. The highest BCUT2D eigenvalue weighted by Crippen LogP contribution is 2.29. The molecule has 160 valence electrons. The molecule has 1 saturated heterocycles. The van der Waals surface area contributed by atoms with Gasteiger partial charge in [-0.1, -0.05) is 30.3 Å². The smallest absolute Gasteiger partial charge is 0.355 e. The average Bonchev–Trinajstić information content (AvgIpc) is 2.71. The second kappa shape index (κ2) is 9.28. The highest BCUT2D eigenvalue weighted by Gasteiger charge is 2.31. The molecule has 30 heavy (non-hydrogen) atoms. The van der Waals surface area contributed by atoms with Gasteiger partial charge in [0, 0.05) is 31.6 Å². The number of amides is 2. The van der Waals surface area contributed by atoms with Crippen LogP contribution in [0.15, 0.2) is 48.5 Å². The molecule has 0 radical (unpaired) electrons. The molecule has 1 fully saturated rings. The van der Waals surface area contributed by atoms with E-state index in [-0.39, 0.29) is 37.9 Å². The summed E-state index contributed by atoms with van der Waals surface area (Å²) in [4.78, 5) is 26.1. The van der Waals surface area contributed by atoms with Crippen molar-refractivity contribution in [1.82, 2.24) is 10.2 Å². The molecule has 4 nitrogen and oxygen atoms in total. The Labute approximate surface area is 171 Å². The van der Waals surface area contributed by atoms with E-state index in [0.29, 0.717) is 24.0 Å². The Morgan fingerprint density at radius 3 is 2.47 bits per heavy atom. The minimum atomic E-state index is -4.38. The summed E-state index contributed by atoms with van der Waals surface area (Å²) >= 11 is 0. The van der Waals surface area contributed by atoms with Gasteiger partial charge in [0.05, 0.1) is 11.5 Å². The molecule has 2 aromatic rings. The van der Waals surface area contributed by atoms with Gasteiger partial charge in [-0.2, -0.15) is 13.2 Å². The third kappa shape index (κ3) is 5.58. The summed E-state index contributed by atoms with van der Waals surface area (Å²) in [5.74, 6) is -1.13. The summed E-state index contributed by atoms with van der Waals surface area (Å²) < 4.78 is 51.7. The fraction of sp³-hybridized carbons (Fsp3) is 0.364. The lowest BCUT2D eigenvalue weighted by molar-refractivity contribution is -0.139. The number of likely N-dealkylation sites (tertiary alicyclic amines) is 1.